The van der Waals surface area contributed by atoms with Gasteiger partial charge in [-0.25, -0.2) is 0 Å². The van der Waals surface area contributed by atoms with Crippen LogP contribution in [0, 0.1) is 0 Å². The number of para-hydroxylation sites is 1. The molecule has 0 aliphatic rings. The molecule has 0 aromatic heterocycles. The van der Waals surface area contributed by atoms with Gasteiger partial charge in [0.15, 0.2) is 6.61 Å². The molecule has 0 saturated carbocycles. The summed E-state index contributed by atoms with van der Waals surface area (Å²) in [5.41, 5.74) is 3.54. The zero-order valence-electron chi connectivity index (χ0n) is 12.3. The second-order valence-electron chi connectivity index (χ2n) is 4.65. The normalized spacial score (nSPS) is 10.8. The van der Waals surface area contributed by atoms with Gasteiger partial charge in [-0.15, -0.1) is 0 Å². The van der Waals surface area contributed by atoms with Crippen molar-refractivity contribution in [1.82, 2.24) is 10.9 Å². The Kier molecular flexibility index (Phi) is 5.41. The molecule has 0 bridgehead atoms. The number of nitrogens with one attached hydrogen (secondary N) is 2. The van der Waals surface area contributed by atoms with E-state index in [0.29, 0.717) is 5.56 Å². The maximum Gasteiger partial charge on any atom is 0.419 e. The van der Waals surface area contributed by atoms with Crippen LogP contribution in [0.25, 0.3) is 0 Å². The van der Waals surface area contributed by atoms with Gasteiger partial charge in [0.05, 0.1) is 5.56 Å². The van der Waals surface area contributed by atoms with Crippen molar-refractivity contribution in [2.24, 2.45) is 0 Å². The van der Waals surface area contributed by atoms with Gasteiger partial charge in [0.25, 0.3) is 11.8 Å². The highest BCUT2D eigenvalue weighted by Crippen LogP contribution is 2.35. The van der Waals surface area contributed by atoms with Gasteiger partial charge in [-0.1, -0.05) is 30.3 Å². The first-order chi connectivity index (χ1) is 11.4. The summed E-state index contributed by atoms with van der Waals surface area (Å²) in [4.78, 5) is 23.3. The summed E-state index contributed by atoms with van der Waals surface area (Å²) in [5.74, 6) is -1.81. The number of benzene rings is 2. The van der Waals surface area contributed by atoms with E-state index >= 15 is 0 Å². The lowest BCUT2D eigenvalue weighted by atomic mass is 10.2. The zero-order valence-corrected chi connectivity index (χ0v) is 12.3. The number of rotatable bonds is 4. The predicted molar refractivity (Wildman–Crippen MR) is 79.0 cm³/mol. The molecular formula is C16H13F3N2O3. The van der Waals surface area contributed by atoms with E-state index in [2.05, 4.69) is 10.9 Å². The van der Waals surface area contributed by atoms with Crippen LogP contribution < -0.4 is 15.6 Å². The Morgan fingerprint density at radius 2 is 1.54 bits per heavy atom. The van der Waals surface area contributed by atoms with Gasteiger partial charge in [-0.05, 0) is 24.3 Å². The molecule has 126 valence electrons. The Bertz CT molecular complexity index is 718. The third kappa shape index (κ3) is 4.73. The van der Waals surface area contributed by atoms with Crippen molar-refractivity contribution in [3.8, 4) is 5.75 Å². The van der Waals surface area contributed by atoms with Crippen LogP contribution in [0.5, 0.6) is 5.75 Å². The quantitative estimate of drug-likeness (QED) is 0.842. The van der Waals surface area contributed by atoms with Gasteiger partial charge in [0.1, 0.15) is 5.75 Å². The first-order valence-corrected chi connectivity index (χ1v) is 6.81. The maximum absolute atomic E-state index is 12.8. The number of hydrazine groups is 1. The van der Waals surface area contributed by atoms with Crippen molar-refractivity contribution >= 4 is 11.8 Å². The van der Waals surface area contributed by atoms with E-state index in [-0.39, 0.29) is 0 Å². The Labute approximate surface area is 135 Å². The highest BCUT2D eigenvalue weighted by atomic mass is 19.4. The average Bonchev–Trinajstić information content (AvgIpc) is 2.58. The lowest BCUT2D eigenvalue weighted by Crippen LogP contribution is -2.43. The van der Waals surface area contributed by atoms with Gasteiger partial charge >= 0.3 is 6.18 Å². The Morgan fingerprint density at radius 1 is 0.917 bits per heavy atom. The minimum atomic E-state index is -4.59. The van der Waals surface area contributed by atoms with E-state index in [1.165, 1.54) is 24.3 Å². The highest BCUT2D eigenvalue weighted by Gasteiger charge is 2.34. The van der Waals surface area contributed by atoms with E-state index in [1.54, 1.807) is 18.2 Å². The number of carbonyl (C=O) groups is 2. The summed E-state index contributed by atoms with van der Waals surface area (Å²) < 4.78 is 43.2. The lowest BCUT2D eigenvalue weighted by Gasteiger charge is -2.13. The molecule has 0 unspecified atom stereocenters. The molecule has 0 radical (unpaired) electrons. The third-order valence-corrected chi connectivity index (χ3v) is 2.90. The van der Waals surface area contributed by atoms with Crippen LogP contribution in [0.2, 0.25) is 0 Å². The first-order valence-electron chi connectivity index (χ1n) is 6.81. The number of hydrogen-bond acceptors (Lipinski definition) is 3. The van der Waals surface area contributed by atoms with Crippen LogP contribution in [0.1, 0.15) is 15.9 Å². The molecule has 2 amide bonds. The van der Waals surface area contributed by atoms with Crippen molar-refractivity contribution < 1.29 is 27.5 Å². The Balaban J connectivity index is 1.87. The summed E-state index contributed by atoms with van der Waals surface area (Å²) in [5, 5.41) is 0. The molecule has 24 heavy (non-hydrogen) atoms. The summed E-state index contributed by atoms with van der Waals surface area (Å²) in [6.07, 6.45) is -4.59. The van der Waals surface area contributed by atoms with Crippen molar-refractivity contribution in [3.05, 3.63) is 65.7 Å². The smallest absolute Gasteiger partial charge is 0.419 e. The number of amides is 2. The molecule has 2 N–H and O–H groups in total. The summed E-state index contributed by atoms with van der Waals surface area (Å²) in [6.45, 7) is -0.678. The number of alkyl halides is 3. The minimum absolute atomic E-state index is 0.320. The summed E-state index contributed by atoms with van der Waals surface area (Å²) in [7, 11) is 0. The molecule has 2 aromatic carbocycles. The number of carbonyl (C=O) groups excluding carboxylic acids is 2. The molecule has 2 aromatic rings. The molecule has 0 aliphatic carbocycles. The highest BCUT2D eigenvalue weighted by molar-refractivity contribution is 5.95. The van der Waals surface area contributed by atoms with Crippen LogP contribution in [-0.2, 0) is 11.0 Å². The van der Waals surface area contributed by atoms with Crippen LogP contribution >= 0.6 is 0 Å². The van der Waals surface area contributed by atoms with Crippen molar-refractivity contribution in [2.45, 2.75) is 6.18 Å². The zero-order chi connectivity index (χ0) is 17.6. The minimum Gasteiger partial charge on any atom is -0.483 e. The molecule has 0 atom stereocenters. The topological polar surface area (TPSA) is 67.4 Å². The first kappa shape index (κ1) is 17.3. The number of hydrogen-bond donors (Lipinski definition) is 2. The van der Waals surface area contributed by atoms with Crippen molar-refractivity contribution in [1.29, 1.82) is 0 Å². The third-order valence-electron chi connectivity index (χ3n) is 2.90. The molecule has 0 saturated heterocycles. The second-order valence-corrected chi connectivity index (χ2v) is 4.65. The molecule has 0 spiro atoms. The van der Waals surface area contributed by atoms with Crippen LogP contribution in [0.4, 0.5) is 13.2 Å². The van der Waals surface area contributed by atoms with Gasteiger partial charge in [-0.3, -0.25) is 20.4 Å². The van der Waals surface area contributed by atoms with E-state index in [1.807, 2.05) is 0 Å². The lowest BCUT2D eigenvalue weighted by molar-refractivity contribution is -0.139. The van der Waals surface area contributed by atoms with E-state index in [0.717, 1.165) is 12.1 Å². The van der Waals surface area contributed by atoms with E-state index in [4.69, 9.17) is 4.74 Å². The Hall–Kier alpha value is -3.03. The predicted octanol–water partition coefficient (Wildman–Crippen LogP) is 2.55. The van der Waals surface area contributed by atoms with Crippen LogP contribution in [-0.4, -0.2) is 18.4 Å². The summed E-state index contributed by atoms with van der Waals surface area (Å²) >= 11 is 0. The van der Waals surface area contributed by atoms with Gasteiger partial charge < -0.3 is 4.74 Å². The second kappa shape index (κ2) is 7.49. The number of halogens is 3. The van der Waals surface area contributed by atoms with Crippen molar-refractivity contribution in [2.75, 3.05) is 6.61 Å². The van der Waals surface area contributed by atoms with Crippen LogP contribution in [0.3, 0.4) is 0 Å². The molecular weight excluding hydrogens is 325 g/mol. The largest absolute Gasteiger partial charge is 0.483 e. The van der Waals surface area contributed by atoms with E-state index in [9.17, 15) is 22.8 Å². The standard InChI is InChI=1S/C16H13F3N2O3/c17-16(18,19)12-8-4-5-9-13(12)24-10-14(22)20-21-15(23)11-6-2-1-3-7-11/h1-9H,10H2,(H,20,22)(H,21,23). The maximum atomic E-state index is 12.8. The number of ether oxygens (including phenoxy) is 1. The molecule has 0 fully saturated rings. The van der Waals surface area contributed by atoms with Gasteiger partial charge in [0.2, 0.25) is 0 Å². The molecule has 0 aliphatic heterocycles. The fourth-order valence-electron chi connectivity index (χ4n) is 1.79. The fraction of sp³-hybridized carbons (Fsp3) is 0.125. The molecule has 8 heteroatoms. The SMILES string of the molecule is O=C(COc1ccccc1C(F)(F)F)NNC(=O)c1ccccc1. The van der Waals surface area contributed by atoms with Crippen LogP contribution in [0.15, 0.2) is 54.6 Å². The van der Waals surface area contributed by atoms with E-state index < -0.39 is 35.9 Å². The van der Waals surface area contributed by atoms with Gasteiger partial charge in [-0.2, -0.15) is 13.2 Å². The van der Waals surface area contributed by atoms with Gasteiger partial charge in [0, 0.05) is 5.56 Å². The average molecular weight is 338 g/mol. The monoisotopic (exact) mass is 338 g/mol. The van der Waals surface area contributed by atoms with Crippen molar-refractivity contribution in [3.63, 3.8) is 0 Å². The summed E-state index contributed by atoms with van der Waals surface area (Å²) in [6, 6.07) is 12.6. The Morgan fingerprint density at radius 3 is 2.21 bits per heavy atom. The molecule has 0 heterocycles. The molecule has 5 nitrogen and oxygen atoms in total. The fourth-order valence-corrected chi connectivity index (χ4v) is 1.79. The molecule has 2 rings (SSSR count).